The molecule has 0 fully saturated rings. The summed E-state index contributed by atoms with van der Waals surface area (Å²) in [7, 11) is 0. The first kappa shape index (κ1) is 27.5. The van der Waals surface area contributed by atoms with E-state index in [2.05, 4.69) is 170 Å². The van der Waals surface area contributed by atoms with Crippen LogP contribution in [0.2, 0.25) is 0 Å². The zero-order valence-electron chi connectivity index (χ0n) is 26.4. The van der Waals surface area contributed by atoms with Crippen LogP contribution in [-0.2, 0) is 5.41 Å². The lowest BCUT2D eigenvalue weighted by atomic mass is 9.82. The van der Waals surface area contributed by atoms with Crippen molar-refractivity contribution in [1.82, 2.24) is 0 Å². The second-order valence-electron chi connectivity index (χ2n) is 12.9. The average Bonchev–Trinajstić information content (AvgIpc) is 3.61. The third-order valence-corrected chi connectivity index (χ3v) is 9.90. The molecule has 0 saturated heterocycles. The van der Waals surface area contributed by atoms with E-state index in [-0.39, 0.29) is 5.41 Å². The summed E-state index contributed by atoms with van der Waals surface area (Å²) < 4.78 is 6.44. The van der Waals surface area contributed by atoms with Crippen molar-refractivity contribution in [2.24, 2.45) is 0 Å². The first-order valence-electron chi connectivity index (χ1n) is 16.3. The molecule has 1 aliphatic rings. The Balaban J connectivity index is 1.15. The molecule has 2 heteroatoms. The van der Waals surface area contributed by atoms with Crippen LogP contribution in [-0.4, -0.2) is 0 Å². The van der Waals surface area contributed by atoms with Gasteiger partial charge >= 0.3 is 0 Å². The summed E-state index contributed by atoms with van der Waals surface area (Å²) in [5.74, 6) is 0. The molecule has 0 bridgehead atoms. The van der Waals surface area contributed by atoms with Crippen LogP contribution in [0.3, 0.4) is 0 Å². The maximum Gasteiger partial charge on any atom is 0.143 e. The van der Waals surface area contributed by atoms with Crippen molar-refractivity contribution >= 4 is 39.0 Å². The van der Waals surface area contributed by atoms with E-state index >= 15 is 0 Å². The van der Waals surface area contributed by atoms with Gasteiger partial charge in [-0.15, -0.1) is 0 Å². The number of hydrogen-bond donors (Lipinski definition) is 0. The topological polar surface area (TPSA) is 16.4 Å². The monoisotopic (exact) mass is 603 g/mol. The number of benzene rings is 7. The summed E-state index contributed by atoms with van der Waals surface area (Å²) in [6.45, 7) is 4.66. The minimum Gasteiger partial charge on any atom is -0.455 e. The molecule has 0 atom stereocenters. The Labute approximate surface area is 275 Å². The van der Waals surface area contributed by atoms with Crippen molar-refractivity contribution in [3.63, 3.8) is 0 Å². The Bertz CT molecular complexity index is 2430. The number of furan rings is 1. The molecule has 8 aromatic rings. The van der Waals surface area contributed by atoms with E-state index in [0.717, 1.165) is 55.7 Å². The van der Waals surface area contributed by atoms with Gasteiger partial charge in [-0.2, -0.15) is 0 Å². The SMILES string of the molecule is CC1(C)c2ccccc2-c2cc(N(c3ccccc3)c3ccc(-c4ccccc4-c4cccc5c4oc4ccccc45)cc3)ccc21. The molecule has 0 spiro atoms. The van der Waals surface area contributed by atoms with E-state index in [0.29, 0.717) is 0 Å². The highest BCUT2D eigenvalue weighted by Gasteiger charge is 2.35. The van der Waals surface area contributed by atoms with Crippen molar-refractivity contribution in [3.05, 3.63) is 175 Å². The van der Waals surface area contributed by atoms with E-state index in [9.17, 15) is 0 Å². The van der Waals surface area contributed by atoms with Crippen LogP contribution < -0.4 is 4.90 Å². The first-order valence-corrected chi connectivity index (χ1v) is 16.3. The molecule has 7 aromatic carbocycles. The molecule has 9 rings (SSSR count). The lowest BCUT2D eigenvalue weighted by Gasteiger charge is -2.27. The molecule has 0 radical (unpaired) electrons. The van der Waals surface area contributed by atoms with E-state index in [1.54, 1.807) is 0 Å². The van der Waals surface area contributed by atoms with Gasteiger partial charge in [0.05, 0.1) is 0 Å². The second kappa shape index (κ2) is 10.6. The molecule has 0 saturated carbocycles. The Hall–Kier alpha value is -5.86. The Morgan fingerprint density at radius 1 is 0.426 bits per heavy atom. The van der Waals surface area contributed by atoms with E-state index < -0.39 is 0 Å². The number of rotatable bonds is 5. The lowest BCUT2D eigenvalue weighted by Crippen LogP contribution is -2.15. The molecule has 0 amide bonds. The van der Waals surface area contributed by atoms with Gasteiger partial charge in [-0.25, -0.2) is 0 Å². The number of para-hydroxylation sites is 3. The number of nitrogens with zero attached hydrogens (tertiary/aromatic N) is 1. The summed E-state index contributed by atoms with van der Waals surface area (Å²) in [5, 5.41) is 2.29. The van der Waals surface area contributed by atoms with E-state index in [1.165, 1.54) is 27.8 Å². The molecular formula is C45H33NO. The molecular weight excluding hydrogens is 571 g/mol. The third-order valence-electron chi connectivity index (χ3n) is 9.90. The van der Waals surface area contributed by atoms with E-state index in [4.69, 9.17) is 4.42 Å². The smallest absolute Gasteiger partial charge is 0.143 e. The first-order chi connectivity index (χ1) is 23.1. The van der Waals surface area contributed by atoms with Gasteiger partial charge in [0, 0.05) is 38.8 Å². The molecule has 0 N–H and O–H groups in total. The molecule has 0 aliphatic heterocycles. The predicted octanol–water partition coefficient (Wildman–Crippen LogP) is 12.7. The Kier molecular flexibility index (Phi) is 6.20. The largest absolute Gasteiger partial charge is 0.455 e. The normalized spacial score (nSPS) is 13.1. The zero-order chi connectivity index (χ0) is 31.5. The van der Waals surface area contributed by atoms with Crippen LogP contribution in [0, 0.1) is 0 Å². The lowest BCUT2D eigenvalue weighted by molar-refractivity contribution is 0.660. The van der Waals surface area contributed by atoms with Crippen LogP contribution in [0.5, 0.6) is 0 Å². The van der Waals surface area contributed by atoms with Gasteiger partial charge in [0.25, 0.3) is 0 Å². The summed E-state index contributed by atoms with van der Waals surface area (Å²) in [6, 6.07) is 58.8. The maximum atomic E-state index is 6.44. The minimum absolute atomic E-state index is 0.0240. The van der Waals surface area contributed by atoms with Crippen molar-refractivity contribution in [2.75, 3.05) is 4.90 Å². The average molecular weight is 604 g/mol. The molecule has 1 heterocycles. The van der Waals surface area contributed by atoms with Crippen LogP contribution in [0.15, 0.2) is 168 Å². The van der Waals surface area contributed by atoms with Gasteiger partial charge in [-0.05, 0) is 81.4 Å². The second-order valence-corrected chi connectivity index (χ2v) is 12.9. The number of hydrogen-bond acceptors (Lipinski definition) is 2. The molecule has 2 nitrogen and oxygen atoms in total. The standard InChI is InChI=1S/C45H33NO/c1-45(2)41-21-10-8-17-36(41)40-29-33(27-28-42(40)45)46(31-13-4-3-5-14-31)32-25-23-30(24-26-32)34-15-6-7-16-35(34)38-19-12-20-39-37-18-9-11-22-43(37)47-44(38)39/h3-29H,1-2H3. The highest BCUT2D eigenvalue weighted by molar-refractivity contribution is 6.10. The van der Waals surface area contributed by atoms with Gasteiger partial charge < -0.3 is 9.32 Å². The Morgan fingerprint density at radius 3 is 1.85 bits per heavy atom. The third kappa shape index (κ3) is 4.33. The summed E-state index contributed by atoms with van der Waals surface area (Å²) in [4.78, 5) is 2.36. The van der Waals surface area contributed by atoms with Crippen LogP contribution in [0.25, 0.3) is 55.3 Å². The van der Waals surface area contributed by atoms with Gasteiger partial charge in [0.15, 0.2) is 0 Å². The summed E-state index contributed by atoms with van der Waals surface area (Å²) in [6.07, 6.45) is 0. The van der Waals surface area contributed by atoms with Crippen LogP contribution in [0.4, 0.5) is 17.1 Å². The molecule has 47 heavy (non-hydrogen) atoms. The van der Waals surface area contributed by atoms with Crippen molar-refractivity contribution in [1.29, 1.82) is 0 Å². The Morgan fingerprint density at radius 2 is 1.02 bits per heavy atom. The fourth-order valence-electron chi connectivity index (χ4n) is 7.59. The van der Waals surface area contributed by atoms with Gasteiger partial charge in [-0.3, -0.25) is 0 Å². The highest BCUT2D eigenvalue weighted by atomic mass is 16.3. The fraction of sp³-hybridized carbons (Fsp3) is 0.0667. The zero-order valence-corrected chi connectivity index (χ0v) is 26.4. The fourth-order valence-corrected chi connectivity index (χ4v) is 7.59. The highest BCUT2D eigenvalue weighted by Crippen LogP contribution is 2.50. The van der Waals surface area contributed by atoms with Gasteiger partial charge in [0.2, 0.25) is 0 Å². The molecule has 1 aliphatic carbocycles. The van der Waals surface area contributed by atoms with Gasteiger partial charge in [-0.1, -0.05) is 135 Å². The van der Waals surface area contributed by atoms with Crippen molar-refractivity contribution in [2.45, 2.75) is 19.3 Å². The van der Waals surface area contributed by atoms with Gasteiger partial charge in [0.1, 0.15) is 11.2 Å². The van der Waals surface area contributed by atoms with Crippen LogP contribution in [0.1, 0.15) is 25.0 Å². The molecule has 0 unspecified atom stereocenters. The predicted molar refractivity (Wildman–Crippen MR) is 197 cm³/mol. The maximum absolute atomic E-state index is 6.44. The quantitative estimate of drug-likeness (QED) is 0.195. The number of fused-ring (bicyclic) bond motifs is 6. The van der Waals surface area contributed by atoms with E-state index in [1.807, 2.05) is 12.1 Å². The van der Waals surface area contributed by atoms with Crippen molar-refractivity contribution in [3.8, 4) is 33.4 Å². The molecule has 1 aromatic heterocycles. The minimum atomic E-state index is -0.0240. The number of anilines is 3. The van der Waals surface area contributed by atoms with Crippen molar-refractivity contribution < 1.29 is 4.42 Å². The molecule has 224 valence electrons. The summed E-state index contributed by atoms with van der Waals surface area (Å²) >= 11 is 0. The summed E-state index contributed by atoms with van der Waals surface area (Å²) in [5.41, 5.74) is 15.2. The van der Waals surface area contributed by atoms with Crippen LogP contribution >= 0.6 is 0 Å².